The molecule has 3 aliphatic rings. The van der Waals surface area contributed by atoms with Gasteiger partial charge in [0.15, 0.2) is 29.6 Å². The minimum Gasteiger partial charge on any atom is -0.444 e. The molecule has 0 radical (unpaired) electrons. The van der Waals surface area contributed by atoms with Gasteiger partial charge in [-0.05, 0) is 76.2 Å². The van der Waals surface area contributed by atoms with E-state index in [1.54, 1.807) is 80.7 Å². The fraction of sp³-hybridized carbons (Fsp3) is 0.744. The third-order valence-electron chi connectivity index (χ3n) is 9.45. The summed E-state index contributed by atoms with van der Waals surface area (Å²) in [6.45, 7) is 19.6. The van der Waals surface area contributed by atoms with E-state index in [4.69, 9.17) is 34.2 Å². The van der Waals surface area contributed by atoms with Crippen LogP contribution in [0.4, 0.5) is 20.2 Å². The summed E-state index contributed by atoms with van der Waals surface area (Å²) in [5.41, 5.74) is 4.36. The number of nitrogens with two attached hydrogens (primary N) is 1. The molecule has 3 fully saturated rings. The summed E-state index contributed by atoms with van der Waals surface area (Å²) in [4.78, 5) is 86.4. The Morgan fingerprint density at radius 2 is 1.17 bits per heavy atom. The van der Waals surface area contributed by atoms with Crippen molar-refractivity contribution < 1.29 is 52.4 Å². The SMILES string of the molecule is CC(C)(C)OC(=O)N1CCN(C(=O)CCNC(=O)[C@H]2O[C@@H](n3cnc4c(N)ncnc43)[C@@H]3OC(C)(C)O[C@@H]32)CCN(C(=O)OC(C)(C)C)CCN(C(=O)OC(C)(C)C)CC1. The molecule has 60 heavy (non-hydrogen) atoms. The number of imidazole rings is 1. The zero-order valence-electron chi connectivity index (χ0n) is 36.7. The molecule has 2 aromatic rings. The lowest BCUT2D eigenvalue weighted by Crippen LogP contribution is -2.52. The van der Waals surface area contributed by atoms with Gasteiger partial charge in [-0.25, -0.2) is 29.3 Å². The Morgan fingerprint density at radius 3 is 1.63 bits per heavy atom. The van der Waals surface area contributed by atoms with Gasteiger partial charge in [0.05, 0.1) is 6.33 Å². The van der Waals surface area contributed by atoms with Gasteiger partial charge < -0.3 is 59.1 Å². The highest BCUT2D eigenvalue weighted by atomic mass is 16.8. The summed E-state index contributed by atoms with van der Waals surface area (Å²) in [6.07, 6.45) is -2.61. The summed E-state index contributed by atoms with van der Waals surface area (Å²) in [5.74, 6) is -1.70. The smallest absolute Gasteiger partial charge is 0.410 e. The Balaban J connectivity index is 1.30. The zero-order chi connectivity index (χ0) is 44.4. The molecule has 5 heterocycles. The molecule has 5 amide bonds. The third-order valence-corrected chi connectivity index (χ3v) is 9.45. The molecule has 0 bridgehead atoms. The number of nitrogens with one attached hydrogen (secondary N) is 1. The Hall–Kier alpha value is -5.02. The molecule has 0 saturated carbocycles. The number of fused-ring (bicyclic) bond motifs is 2. The molecule has 5 rings (SSSR count). The molecule has 0 aliphatic carbocycles. The van der Waals surface area contributed by atoms with Crippen LogP contribution in [0.1, 0.15) is 88.8 Å². The second-order valence-corrected chi connectivity index (χ2v) is 18.4. The van der Waals surface area contributed by atoms with Gasteiger partial charge in [-0.3, -0.25) is 14.2 Å². The van der Waals surface area contributed by atoms with Gasteiger partial charge in [-0.1, -0.05) is 0 Å². The maximum Gasteiger partial charge on any atom is 0.410 e. The lowest BCUT2D eigenvalue weighted by Gasteiger charge is -2.36. The number of aromatic nitrogens is 4. The molecule has 21 nitrogen and oxygen atoms in total. The third kappa shape index (κ3) is 12.1. The molecular weight excluding hydrogens is 784 g/mol. The summed E-state index contributed by atoms with van der Waals surface area (Å²) >= 11 is 0. The monoisotopic (exact) mass is 846 g/mol. The van der Waals surface area contributed by atoms with Crippen molar-refractivity contribution >= 4 is 47.1 Å². The van der Waals surface area contributed by atoms with E-state index < -0.39 is 71.3 Å². The number of nitrogens with zero attached hydrogens (tertiary/aromatic N) is 8. The van der Waals surface area contributed by atoms with Gasteiger partial charge in [-0.2, -0.15) is 0 Å². The number of carbonyl (C=O) groups excluding carboxylic acids is 5. The predicted molar refractivity (Wildman–Crippen MR) is 215 cm³/mol. The average Bonchev–Trinajstić information content (AvgIpc) is 3.77. The first-order chi connectivity index (χ1) is 27.8. The number of hydrogen-bond acceptors (Lipinski definition) is 15. The second-order valence-electron chi connectivity index (χ2n) is 18.4. The van der Waals surface area contributed by atoms with E-state index in [0.717, 1.165) is 0 Å². The van der Waals surface area contributed by atoms with Crippen LogP contribution in [0.5, 0.6) is 0 Å². The first kappa shape index (κ1) is 46.1. The van der Waals surface area contributed by atoms with Crippen molar-refractivity contribution in [2.24, 2.45) is 0 Å². The van der Waals surface area contributed by atoms with E-state index in [0.29, 0.717) is 11.2 Å². The van der Waals surface area contributed by atoms with Gasteiger partial charge in [0.2, 0.25) is 5.91 Å². The summed E-state index contributed by atoms with van der Waals surface area (Å²) < 4.78 is 37.2. The topological polar surface area (TPSA) is 235 Å². The lowest BCUT2D eigenvalue weighted by molar-refractivity contribution is -0.197. The van der Waals surface area contributed by atoms with Crippen LogP contribution in [0.2, 0.25) is 0 Å². The van der Waals surface area contributed by atoms with E-state index in [1.165, 1.54) is 32.3 Å². The summed E-state index contributed by atoms with van der Waals surface area (Å²) in [5, 5.41) is 2.82. The Morgan fingerprint density at radius 1 is 0.717 bits per heavy atom. The Bertz CT molecular complexity index is 1840. The van der Waals surface area contributed by atoms with Crippen molar-refractivity contribution in [1.82, 2.24) is 44.4 Å². The average molecular weight is 847 g/mol. The van der Waals surface area contributed by atoms with Crippen molar-refractivity contribution in [2.75, 3.05) is 64.6 Å². The van der Waals surface area contributed by atoms with E-state index in [9.17, 15) is 24.0 Å². The molecule has 334 valence electrons. The summed E-state index contributed by atoms with van der Waals surface area (Å²) in [6, 6.07) is 0. The lowest BCUT2D eigenvalue weighted by atomic mass is 10.1. The molecule has 3 N–H and O–H groups in total. The number of rotatable bonds is 5. The van der Waals surface area contributed by atoms with Crippen molar-refractivity contribution in [1.29, 1.82) is 0 Å². The Kier molecular flexibility index (Phi) is 13.7. The molecule has 21 heteroatoms. The highest BCUT2D eigenvalue weighted by Gasteiger charge is 2.58. The minimum absolute atomic E-state index is 0.0502. The van der Waals surface area contributed by atoms with E-state index in [1.807, 2.05) is 0 Å². The van der Waals surface area contributed by atoms with Crippen LogP contribution in [0.3, 0.4) is 0 Å². The number of ether oxygens (including phenoxy) is 6. The number of carbonyl (C=O) groups is 5. The minimum atomic E-state index is -1.11. The van der Waals surface area contributed by atoms with Crippen LogP contribution >= 0.6 is 0 Å². The van der Waals surface area contributed by atoms with E-state index >= 15 is 0 Å². The fourth-order valence-electron chi connectivity index (χ4n) is 6.81. The maximum absolute atomic E-state index is 14.0. The molecule has 0 unspecified atom stereocenters. The van der Waals surface area contributed by atoms with Crippen LogP contribution in [0.25, 0.3) is 11.2 Å². The van der Waals surface area contributed by atoms with Crippen molar-refractivity contribution in [2.45, 2.75) is 130 Å². The molecule has 0 aromatic carbocycles. The van der Waals surface area contributed by atoms with E-state index in [-0.39, 0.29) is 77.0 Å². The largest absolute Gasteiger partial charge is 0.444 e. The number of nitrogen functional groups attached to an aromatic ring is 1. The van der Waals surface area contributed by atoms with Crippen LogP contribution in [-0.4, -0.2) is 169 Å². The fourth-order valence-corrected chi connectivity index (χ4v) is 6.81. The first-order valence-electron chi connectivity index (χ1n) is 20.2. The van der Waals surface area contributed by atoms with Crippen LogP contribution in [0.15, 0.2) is 12.7 Å². The maximum atomic E-state index is 14.0. The quantitative estimate of drug-likeness (QED) is 0.412. The van der Waals surface area contributed by atoms with Crippen molar-refractivity contribution in [3.63, 3.8) is 0 Å². The van der Waals surface area contributed by atoms with Gasteiger partial charge in [0.25, 0.3) is 5.91 Å². The van der Waals surface area contributed by atoms with Crippen LogP contribution in [-0.2, 0) is 38.0 Å². The highest BCUT2D eigenvalue weighted by Crippen LogP contribution is 2.44. The summed E-state index contributed by atoms with van der Waals surface area (Å²) in [7, 11) is 0. The zero-order valence-corrected chi connectivity index (χ0v) is 36.7. The predicted octanol–water partition coefficient (Wildman–Crippen LogP) is 2.89. The molecular formula is C39H62N10O11. The van der Waals surface area contributed by atoms with Gasteiger partial charge in [0.1, 0.15) is 40.9 Å². The molecule has 3 saturated heterocycles. The van der Waals surface area contributed by atoms with E-state index in [2.05, 4.69) is 20.3 Å². The number of hydrogen-bond donors (Lipinski definition) is 2. The molecule has 2 aromatic heterocycles. The second kappa shape index (κ2) is 17.9. The highest BCUT2D eigenvalue weighted by molar-refractivity contribution is 5.84. The van der Waals surface area contributed by atoms with Crippen molar-refractivity contribution in [3.05, 3.63) is 12.7 Å². The first-order valence-corrected chi connectivity index (χ1v) is 20.2. The van der Waals surface area contributed by atoms with Gasteiger partial charge >= 0.3 is 18.3 Å². The van der Waals surface area contributed by atoms with Gasteiger partial charge in [-0.15, -0.1) is 0 Å². The normalized spacial score (nSPS) is 23.1. The number of anilines is 1. The van der Waals surface area contributed by atoms with Crippen LogP contribution in [0, 0.1) is 0 Å². The standard InChI is InChI=1S/C39H62N10O11/c1-36(2,3)58-33(52)46-16-14-45(15-17-47(34(53)59-37(4,5)6)19-21-48(20-18-46)35(54)60-38(7,8)9)24(50)12-13-41-31(51)27-26-28(57-39(10,11)56-26)32(55-27)49-23-44-25-29(40)42-22-43-30(25)49/h22-23,26-28,32H,12-21H2,1-11H3,(H,41,51)(H2,40,42,43)/t26-,27+,28-,32-/m1/s1. The molecule has 4 atom stereocenters. The Labute approximate surface area is 350 Å². The van der Waals surface area contributed by atoms with Crippen LogP contribution < -0.4 is 11.1 Å². The molecule has 3 aliphatic heterocycles. The molecule has 0 spiro atoms. The van der Waals surface area contributed by atoms with Crippen molar-refractivity contribution in [3.8, 4) is 0 Å². The van der Waals surface area contributed by atoms with Gasteiger partial charge in [0, 0.05) is 65.3 Å². The number of amides is 5.